The minimum absolute atomic E-state index is 0.000483. The molecule has 0 fully saturated rings. The van der Waals surface area contributed by atoms with Gasteiger partial charge in [-0.25, -0.2) is 8.42 Å². The number of sulfonamides is 1. The number of hydrogen-bond donors (Lipinski definition) is 0. The van der Waals surface area contributed by atoms with Crippen LogP contribution in [0.1, 0.15) is 6.92 Å². The van der Waals surface area contributed by atoms with Gasteiger partial charge in [0.15, 0.2) is 0 Å². The first-order valence-electron chi connectivity index (χ1n) is 4.32. The number of anilines is 1. The molecule has 0 amide bonds. The van der Waals surface area contributed by atoms with Crippen LogP contribution in [0.4, 0.5) is 5.69 Å². The molecule has 1 aromatic carbocycles. The fraction of sp³-hybridized carbons (Fsp3) is 0.222. The molecule has 0 aromatic heterocycles. The maximum Gasteiger partial charge on any atom is 0.259 e. The maximum atomic E-state index is 11.7. The predicted octanol–water partition coefficient (Wildman–Crippen LogP) is 1.97. The molecule has 0 unspecified atom stereocenters. The Balaban J connectivity index is 2.48. The van der Waals surface area contributed by atoms with Crippen LogP contribution >= 0.6 is 15.9 Å². The van der Waals surface area contributed by atoms with Gasteiger partial charge in [0.2, 0.25) is 0 Å². The van der Waals surface area contributed by atoms with Crippen molar-refractivity contribution in [3.63, 3.8) is 0 Å². The van der Waals surface area contributed by atoms with Gasteiger partial charge in [-0.1, -0.05) is 22.0 Å². The lowest BCUT2D eigenvalue weighted by atomic mass is 10.3. The van der Waals surface area contributed by atoms with Gasteiger partial charge >= 0.3 is 0 Å². The molecule has 0 radical (unpaired) electrons. The second-order valence-electron chi connectivity index (χ2n) is 3.31. The van der Waals surface area contributed by atoms with Crippen LogP contribution in [0.5, 0.6) is 0 Å². The van der Waals surface area contributed by atoms with E-state index in [4.69, 9.17) is 0 Å². The Kier molecular flexibility index (Phi) is 2.56. The second-order valence-corrected chi connectivity index (χ2v) is 6.03. The number of nitrogens with zero attached hydrogens (tertiary/aromatic N) is 2. The van der Waals surface area contributed by atoms with Crippen molar-refractivity contribution in [1.29, 1.82) is 0 Å². The fourth-order valence-corrected chi connectivity index (χ4v) is 3.18. The molecule has 80 valence electrons. The molecule has 0 saturated carbocycles. The molecule has 1 aliphatic heterocycles. The zero-order valence-corrected chi connectivity index (χ0v) is 10.4. The first-order valence-corrected chi connectivity index (χ1v) is 6.72. The summed E-state index contributed by atoms with van der Waals surface area (Å²) in [6, 6.07) is 7.05. The highest BCUT2D eigenvalue weighted by Crippen LogP contribution is 2.25. The summed E-state index contributed by atoms with van der Waals surface area (Å²) < 4.78 is 25.3. The molecule has 0 N–H and O–H groups in total. The first kappa shape index (κ1) is 10.6. The topological polar surface area (TPSA) is 49.7 Å². The lowest BCUT2D eigenvalue weighted by molar-refractivity contribution is 0.598. The Hall–Kier alpha value is -0.880. The lowest BCUT2D eigenvalue weighted by Crippen LogP contribution is -2.22. The van der Waals surface area contributed by atoms with Crippen LogP contribution in [0.15, 0.2) is 33.8 Å². The molecule has 1 aromatic rings. The summed E-state index contributed by atoms with van der Waals surface area (Å²) in [4.78, 5) is 0. The molecular formula is C9H9BrN2O2S. The van der Waals surface area contributed by atoms with Crippen molar-refractivity contribution >= 4 is 37.4 Å². The van der Waals surface area contributed by atoms with E-state index in [1.807, 2.05) is 6.07 Å². The zero-order valence-electron chi connectivity index (χ0n) is 8.01. The summed E-state index contributed by atoms with van der Waals surface area (Å²) in [6.07, 6.45) is 0. The molecule has 1 aliphatic rings. The Morgan fingerprint density at radius 3 is 2.73 bits per heavy atom. The van der Waals surface area contributed by atoms with Gasteiger partial charge in [0, 0.05) is 4.47 Å². The molecule has 1 heterocycles. The Labute approximate surface area is 96.8 Å². The third kappa shape index (κ3) is 2.05. The van der Waals surface area contributed by atoms with Crippen molar-refractivity contribution in [3.05, 3.63) is 28.7 Å². The fourth-order valence-electron chi connectivity index (χ4n) is 1.38. The first-order chi connectivity index (χ1) is 6.99. The summed E-state index contributed by atoms with van der Waals surface area (Å²) in [7, 11) is -3.30. The standard InChI is InChI=1S/C9H9BrN2O2S/c1-7-6-15(13,14)12(11-7)9-4-2-3-8(10)5-9/h2-5H,6H2,1H3. The molecule has 0 spiro atoms. The highest BCUT2D eigenvalue weighted by Gasteiger charge is 2.29. The summed E-state index contributed by atoms with van der Waals surface area (Å²) >= 11 is 3.29. The van der Waals surface area contributed by atoms with E-state index in [0.717, 1.165) is 8.89 Å². The molecular weight excluding hydrogens is 280 g/mol. The molecule has 0 saturated heterocycles. The smallest absolute Gasteiger partial charge is 0.204 e. The van der Waals surface area contributed by atoms with Crippen LogP contribution in [0.3, 0.4) is 0 Å². The Morgan fingerprint density at radius 1 is 1.47 bits per heavy atom. The largest absolute Gasteiger partial charge is 0.259 e. The van der Waals surface area contributed by atoms with Crippen molar-refractivity contribution in [2.75, 3.05) is 10.2 Å². The van der Waals surface area contributed by atoms with E-state index in [9.17, 15) is 8.42 Å². The van der Waals surface area contributed by atoms with Gasteiger partial charge in [-0.05, 0) is 25.1 Å². The van der Waals surface area contributed by atoms with E-state index in [1.165, 1.54) is 0 Å². The third-order valence-corrected chi connectivity index (χ3v) is 4.04. The van der Waals surface area contributed by atoms with E-state index < -0.39 is 10.0 Å². The van der Waals surface area contributed by atoms with Gasteiger partial charge in [-0.2, -0.15) is 9.52 Å². The van der Waals surface area contributed by atoms with Crippen LogP contribution in [0.2, 0.25) is 0 Å². The van der Waals surface area contributed by atoms with Gasteiger partial charge in [0.25, 0.3) is 10.0 Å². The van der Waals surface area contributed by atoms with Crippen LogP contribution in [0, 0.1) is 0 Å². The summed E-state index contributed by atoms with van der Waals surface area (Å²) in [5.74, 6) is -0.000483. The Bertz CT molecular complexity index is 525. The van der Waals surface area contributed by atoms with Gasteiger partial charge < -0.3 is 0 Å². The van der Waals surface area contributed by atoms with Gasteiger partial charge in [-0.3, -0.25) is 0 Å². The van der Waals surface area contributed by atoms with E-state index in [2.05, 4.69) is 21.0 Å². The van der Waals surface area contributed by atoms with Crippen molar-refractivity contribution < 1.29 is 8.42 Å². The highest BCUT2D eigenvalue weighted by molar-refractivity contribution is 9.10. The SMILES string of the molecule is CC1=NN(c2cccc(Br)c2)S(=O)(=O)C1. The van der Waals surface area contributed by atoms with E-state index >= 15 is 0 Å². The van der Waals surface area contributed by atoms with E-state index in [1.54, 1.807) is 25.1 Å². The van der Waals surface area contributed by atoms with E-state index in [-0.39, 0.29) is 5.75 Å². The predicted molar refractivity (Wildman–Crippen MR) is 63.5 cm³/mol. The summed E-state index contributed by atoms with van der Waals surface area (Å²) in [5.41, 5.74) is 1.16. The minimum atomic E-state index is -3.30. The van der Waals surface area contributed by atoms with Gasteiger partial charge in [0.05, 0.1) is 11.4 Å². The van der Waals surface area contributed by atoms with E-state index in [0.29, 0.717) is 11.4 Å². The number of rotatable bonds is 1. The average molecular weight is 289 g/mol. The molecule has 0 aliphatic carbocycles. The monoisotopic (exact) mass is 288 g/mol. The van der Waals surface area contributed by atoms with Crippen molar-refractivity contribution in [2.45, 2.75) is 6.92 Å². The van der Waals surface area contributed by atoms with Crippen LogP contribution < -0.4 is 4.41 Å². The van der Waals surface area contributed by atoms with Crippen molar-refractivity contribution in [1.82, 2.24) is 0 Å². The molecule has 4 nitrogen and oxygen atoms in total. The minimum Gasteiger partial charge on any atom is -0.204 e. The van der Waals surface area contributed by atoms with Crippen molar-refractivity contribution in [3.8, 4) is 0 Å². The van der Waals surface area contributed by atoms with Crippen LogP contribution in [-0.2, 0) is 10.0 Å². The number of halogens is 1. The molecule has 6 heteroatoms. The quantitative estimate of drug-likeness (QED) is 0.793. The molecule has 15 heavy (non-hydrogen) atoms. The number of hydrogen-bond acceptors (Lipinski definition) is 3. The van der Waals surface area contributed by atoms with Gasteiger partial charge in [0.1, 0.15) is 5.75 Å². The Morgan fingerprint density at radius 2 is 2.20 bits per heavy atom. The highest BCUT2D eigenvalue weighted by atomic mass is 79.9. The average Bonchev–Trinajstić information content (AvgIpc) is 2.39. The second kappa shape index (κ2) is 3.61. The zero-order chi connectivity index (χ0) is 11.1. The molecule has 2 rings (SSSR count). The van der Waals surface area contributed by atoms with Gasteiger partial charge in [-0.15, -0.1) is 0 Å². The number of benzene rings is 1. The normalized spacial score (nSPS) is 19.1. The summed E-state index contributed by atoms with van der Waals surface area (Å²) in [5, 5.41) is 3.99. The maximum absolute atomic E-state index is 11.7. The summed E-state index contributed by atoms with van der Waals surface area (Å²) in [6.45, 7) is 1.70. The number of hydrazone groups is 1. The third-order valence-electron chi connectivity index (χ3n) is 1.95. The van der Waals surface area contributed by atoms with Crippen LogP contribution in [0.25, 0.3) is 0 Å². The lowest BCUT2D eigenvalue weighted by Gasteiger charge is -2.12. The molecule has 0 bridgehead atoms. The van der Waals surface area contributed by atoms with Crippen LogP contribution in [-0.4, -0.2) is 19.9 Å². The van der Waals surface area contributed by atoms with Crippen molar-refractivity contribution in [2.24, 2.45) is 5.10 Å². The molecule has 0 atom stereocenters.